The molecule has 110 valence electrons. The topological polar surface area (TPSA) is 51.2 Å². The maximum absolute atomic E-state index is 12.0. The van der Waals surface area contributed by atoms with Gasteiger partial charge < -0.3 is 10.1 Å². The van der Waals surface area contributed by atoms with E-state index in [1.165, 1.54) is 5.56 Å². The minimum Gasteiger partial charge on any atom is -0.481 e. The minimum atomic E-state index is 0.0436. The van der Waals surface area contributed by atoms with Crippen molar-refractivity contribution >= 4 is 5.91 Å². The Labute approximate surface area is 125 Å². The number of methoxy groups -OCH3 is 1. The van der Waals surface area contributed by atoms with Crippen molar-refractivity contribution in [2.24, 2.45) is 0 Å². The maximum Gasteiger partial charge on any atom is 0.220 e. The summed E-state index contributed by atoms with van der Waals surface area (Å²) in [6, 6.07) is 13.7. The summed E-state index contributed by atoms with van der Waals surface area (Å²) in [5.74, 6) is 0.805. The molecule has 2 aromatic rings. The van der Waals surface area contributed by atoms with Crippen molar-refractivity contribution in [3.8, 4) is 5.88 Å². The van der Waals surface area contributed by atoms with Gasteiger partial charge in [-0.1, -0.05) is 37.3 Å². The fourth-order valence-corrected chi connectivity index (χ4v) is 2.12. The zero-order valence-electron chi connectivity index (χ0n) is 12.4. The Morgan fingerprint density at radius 2 is 2.05 bits per heavy atom. The first-order valence-corrected chi connectivity index (χ1v) is 6.99. The standard InChI is InChI=1S/C17H20N2O2/c1-13(15-6-4-3-5-7-15)10-16(20)19-12-14-8-9-18-17(11-14)21-2/h3-9,11,13H,10,12H2,1-2H3,(H,19,20). The van der Waals surface area contributed by atoms with Gasteiger partial charge in [-0.3, -0.25) is 4.79 Å². The number of rotatable bonds is 6. The van der Waals surface area contributed by atoms with Gasteiger partial charge in [-0.2, -0.15) is 0 Å². The first-order chi connectivity index (χ1) is 10.2. The van der Waals surface area contributed by atoms with Crippen LogP contribution >= 0.6 is 0 Å². The third-order valence-corrected chi connectivity index (χ3v) is 3.36. The molecule has 2 rings (SSSR count). The molecule has 1 N–H and O–H groups in total. The number of nitrogens with one attached hydrogen (secondary N) is 1. The Kier molecular flexibility index (Phi) is 5.32. The lowest BCUT2D eigenvalue weighted by Crippen LogP contribution is -2.24. The van der Waals surface area contributed by atoms with E-state index < -0.39 is 0 Å². The van der Waals surface area contributed by atoms with Gasteiger partial charge in [-0.15, -0.1) is 0 Å². The third-order valence-electron chi connectivity index (χ3n) is 3.36. The van der Waals surface area contributed by atoms with Crippen molar-refractivity contribution in [2.45, 2.75) is 25.8 Å². The average Bonchev–Trinajstić information content (AvgIpc) is 2.54. The molecular formula is C17H20N2O2. The normalized spacial score (nSPS) is 11.7. The van der Waals surface area contributed by atoms with Crippen LogP contribution in [0.3, 0.4) is 0 Å². The Balaban J connectivity index is 1.84. The molecule has 0 saturated carbocycles. The van der Waals surface area contributed by atoms with Crippen LogP contribution in [0.5, 0.6) is 5.88 Å². The van der Waals surface area contributed by atoms with E-state index in [0.29, 0.717) is 18.8 Å². The molecule has 1 unspecified atom stereocenters. The highest BCUT2D eigenvalue weighted by molar-refractivity contribution is 5.76. The summed E-state index contributed by atoms with van der Waals surface area (Å²) in [6.45, 7) is 2.55. The van der Waals surface area contributed by atoms with Gasteiger partial charge >= 0.3 is 0 Å². The minimum absolute atomic E-state index is 0.0436. The van der Waals surface area contributed by atoms with Gasteiger partial charge in [0, 0.05) is 25.2 Å². The van der Waals surface area contributed by atoms with Gasteiger partial charge in [-0.05, 0) is 23.1 Å². The van der Waals surface area contributed by atoms with Crippen molar-refractivity contribution < 1.29 is 9.53 Å². The molecule has 0 radical (unpaired) electrons. The Morgan fingerprint density at radius 1 is 1.29 bits per heavy atom. The largest absolute Gasteiger partial charge is 0.481 e. The summed E-state index contributed by atoms with van der Waals surface area (Å²) in [4.78, 5) is 16.0. The molecule has 0 aliphatic heterocycles. The van der Waals surface area contributed by atoms with Crippen LogP contribution < -0.4 is 10.1 Å². The quantitative estimate of drug-likeness (QED) is 0.887. The Morgan fingerprint density at radius 3 is 2.76 bits per heavy atom. The van der Waals surface area contributed by atoms with Crippen LogP contribution in [0.2, 0.25) is 0 Å². The SMILES string of the molecule is COc1cc(CNC(=O)CC(C)c2ccccc2)ccn1. The molecule has 0 saturated heterocycles. The zero-order valence-corrected chi connectivity index (χ0v) is 12.4. The van der Waals surface area contributed by atoms with Crippen LogP contribution in [-0.4, -0.2) is 18.0 Å². The smallest absolute Gasteiger partial charge is 0.220 e. The zero-order chi connectivity index (χ0) is 15.1. The molecule has 4 heteroatoms. The predicted molar refractivity (Wildman–Crippen MR) is 82.1 cm³/mol. The van der Waals surface area contributed by atoms with Gasteiger partial charge in [0.25, 0.3) is 0 Å². The third kappa shape index (κ3) is 4.60. The van der Waals surface area contributed by atoms with E-state index in [4.69, 9.17) is 4.74 Å². The molecule has 0 spiro atoms. The first-order valence-electron chi connectivity index (χ1n) is 6.99. The summed E-state index contributed by atoms with van der Waals surface area (Å²) in [6.07, 6.45) is 2.15. The molecular weight excluding hydrogens is 264 g/mol. The second kappa shape index (κ2) is 7.43. The predicted octanol–water partition coefficient (Wildman–Crippen LogP) is 2.90. The summed E-state index contributed by atoms with van der Waals surface area (Å²) >= 11 is 0. The van der Waals surface area contributed by atoms with Gasteiger partial charge in [0.1, 0.15) is 0 Å². The fourth-order valence-electron chi connectivity index (χ4n) is 2.12. The molecule has 1 aromatic carbocycles. The van der Waals surface area contributed by atoms with Crippen molar-refractivity contribution in [2.75, 3.05) is 7.11 Å². The van der Waals surface area contributed by atoms with Gasteiger partial charge in [0.15, 0.2) is 0 Å². The second-order valence-electron chi connectivity index (χ2n) is 5.00. The van der Waals surface area contributed by atoms with E-state index in [2.05, 4.69) is 17.2 Å². The van der Waals surface area contributed by atoms with Crippen LogP contribution in [0.1, 0.15) is 30.4 Å². The van der Waals surface area contributed by atoms with Crippen molar-refractivity contribution in [3.05, 3.63) is 59.8 Å². The number of hydrogen-bond donors (Lipinski definition) is 1. The van der Waals surface area contributed by atoms with Crippen LogP contribution in [0.15, 0.2) is 48.7 Å². The maximum atomic E-state index is 12.0. The molecule has 1 amide bonds. The lowest BCUT2D eigenvalue weighted by Gasteiger charge is -2.12. The van der Waals surface area contributed by atoms with E-state index >= 15 is 0 Å². The number of benzene rings is 1. The van der Waals surface area contributed by atoms with Gasteiger partial charge in [0.2, 0.25) is 11.8 Å². The first kappa shape index (κ1) is 15.0. The lowest BCUT2D eigenvalue weighted by atomic mass is 9.97. The molecule has 0 aliphatic carbocycles. The van der Waals surface area contributed by atoms with Crippen molar-refractivity contribution in [1.29, 1.82) is 0 Å². The number of amides is 1. The average molecular weight is 284 g/mol. The molecule has 0 fully saturated rings. The summed E-state index contributed by atoms with van der Waals surface area (Å²) in [7, 11) is 1.58. The molecule has 1 atom stereocenters. The van der Waals surface area contributed by atoms with Gasteiger partial charge in [0.05, 0.1) is 7.11 Å². The van der Waals surface area contributed by atoms with E-state index in [9.17, 15) is 4.79 Å². The summed E-state index contributed by atoms with van der Waals surface area (Å²) in [5.41, 5.74) is 2.15. The molecule has 0 bridgehead atoms. The van der Waals surface area contributed by atoms with Crippen LogP contribution in [0.25, 0.3) is 0 Å². The number of hydrogen-bond acceptors (Lipinski definition) is 3. The Bertz CT molecular complexity index is 584. The van der Waals surface area contributed by atoms with E-state index in [1.807, 2.05) is 42.5 Å². The van der Waals surface area contributed by atoms with Crippen molar-refractivity contribution in [1.82, 2.24) is 10.3 Å². The van der Waals surface area contributed by atoms with Gasteiger partial charge in [-0.25, -0.2) is 4.98 Å². The monoisotopic (exact) mass is 284 g/mol. The highest BCUT2D eigenvalue weighted by Crippen LogP contribution is 2.18. The highest BCUT2D eigenvalue weighted by Gasteiger charge is 2.10. The van der Waals surface area contributed by atoms with Crippen molar-refractivity contribution in [3.63, 3.8) is 0 Å². The van der Waals surface area contributed by atoms with E-state index in [1.54, 1.807) is 13.3 Å². The summed E-state index contributed by atoms with van der Waals surface area (Å²) in [5, 5.41) is 2.93. The molecule has 1 aromatic heterocycles. The lowest BCUT2D eigenvalue weighted by molar-refractivity contribution is -0.121. The molecule has 4 nitrogen and oxygen atoms in total. The Hall–Kier alpha value is -2.36. The van der Waals surface area contributed by atoms with E-state index in [-0.39, 0.29) is 11.8 Å². The summed E-state index contributed by atoms with van der Waals surface area (Å²) < 4.78 is 5.06. The number of carbonyl (C=O) groups is 1. The second-order valence-corrected chi connectivity index (χ2v) is 5.00. The number of nitrogens with zero attached hydrogens (tertiary/aromatic N) is 1. The van der Waals surface area contributed by atoms with Crippen LogP contribution in [0.4, 0.5) is 0 Å². The molecule has 0 aliphatic rings. The number of aromatic nitrogens is 1. The number of pyridine rings is 1. The fraction of sp³-hybridized carbons (Fsp3) is 0.294. The molecule has 1 heterocycles. The van der Waals surface area contributed by atoms with Crippen LogP contribution in [-0.2, 0) is 11.3 Å². The highest BCUT2D eigenvalue weighted by atomic mass is 16.5. The van der Waals surface area contributed by atoms with Crippen LogP contribution in [0, 0.1) is 0 Å². The number of ether oxygens (including phenoxy) is 1. The number of carbonyl (C=O) groups excluding carboxylic acids is 1. The molecule has 21 heavy (non-hydrogen) atoms. The van der Waals surface area contributed by atoms with E-state index in [0.717, 1.165) is 5.56 Å².